The van der Waals surface area contributed by atoms with Gasteiger partial charge in [-0.25, -0.2) is 0 Å². The third-order valence-electron chi connectivity index (χ3n) is 3.56. The molecule has 0 saturated heterocycles. The molecule has 1 aromatic rings. The molecule has 1 saturated carbocycles. The first kappa shape index (κ1) is 10.7. The van der Waals surface area contributed by atoms with Gasteiger partial charge in [0.2, 0.25) is 0 Å². The first-order valence-corrected chi connectivity index (χ1v) is 5.81. The minimum Gasteiger partial charge on any atom is -0.327 e. The zero-order valence-corrected chi connectivity index (χ0v) is 9.90. The molecule has 1 aromatic heterocycles. The van der Waals surface area contributed by atoms with Crippen LogP contribution >= 0.6 is 0 Å². The van der Waals surface area contributed by atoms with Crippen LogP contribution in [0.15, 0.2) is 12.3 Å². The van der Waals surface area contributed by atoms with Gasteiger partial charge in [0.15, 0.2) is 0 Å². The fourth-order valence-electron chi connectivity index (χ4n) is 1.81. The highest BCUT2D eigenvalue weighted by atomic mass is 15.3. The van der Waals surface area contributed by atoms with Crippen molar-refractivity contribution in [2.45, 2.75) is 52.1 Å². The van der Waals surface area contributed by atoms with Crippen molar-refractivity contribution in [3.63, 3.8) is 0 Å². The summed E-state index contributed by atoms with van der Waals surface area (Å²) in [5, 5.41) is 4.53. The maximum atomic E-state index is 6.18. The van der Waals surface area contributed by atoms with Crippen molar-refractivity contribution in [3.05, 3.63) is 18.0 Å². The van der Waals surface area contributed by atoms with Gasteiger partial charge in [0.1, 0.15) is 0 Å². The van der Waals surface area contributed by atoms with Gasteiger partial charge >= 0.3 is 0 Å². The molecular formula is C12H21N3. The van der Waals surface area contributed by atoms with E-state index in [0.717, 1.165) is 12.1 Å². The van der Waals surface area contributed by atoms with Crippen LogP contribution < -0.4 is 5.73 Å². The van der Waals surface area contributed by atoms with Gasteiger partial charge in [0.05, 0.1) is 5.69 Å². The molecule has 3 heteroatoms. The fourth-order valence-corrected chi connectivity index (χ4v) is 1.81. The summed E-state index contributed by atoms with van der Waals surface area (Å²) < 4.78 is 2.00. The molecule has 0 amide bonds. The number of nitrogens with zero attached hydrogens (tertiary/aromatic N) is 2. The van der Waals surface area contributed by atoms with Crippen LogP contribution in [0.25, 0.3) is 0 Å². The smallest absolute Gasteiger partial charge is 0.0640 e. The molecule has 0 aliphatic heterocycles. The number of hydrogen-bond acceptors (Lipinski definition) is 2. The van der Waals surface area contributed by atoms with E-state index < -0.39 is 0 Å². The number of nitrogens with two attached hydrogens (primary N) is 1. The Kier molecular flexibility index (Phi) is 2.59. The minimum absolute atomic E-state index is 0.271. The van der Waals surface area contributed by atoms with Crippen LogP contribution in [0.5, 0.6) is 0 Å². The van der Waals surface area contributed by atoms with Crippen LogP contribution in [-0.2, 0) is 6.42 Å². The van der Waals surface area contributed by atoms with Crippen LogP contribution in [0.2, 0.25) is 0 Å². The number of aromatic nitrogens is 2. The Labute approximate surface area is 91.7 Å². The van der Waals surface area contributed by atoms with E-state index in [0.29, 0.717) is 11.5 Å². The van der Waals surface area contributed by atoms with Gasteiger partial charge < -0.3 is 5.73 Å². The second-order valence-electron chi connectivity index (χ2n) is 5.35. The molecule has 2 rings (SSSR count). The number of rotatable bonds is 4. The Morgan fingerprint density at radius 3 is 2.67 bits per heavy atom. The van der Waals surface area contributed by atoms with Gasteiger partial charge in [-0.1, -0.05) is 6.92 Å². The van der Waals surface area contributed by atoms with Gasteiger partial charge in [-0.05, 0) is 38.2 Å². The average molecular weight is 207 g/mol. The van der Waals surface area contributed by atoms with Crippen molar-refractivity contribution < 1.29 is 0 Å². The predicted molar refractivity (Wildman–Crippen MR) is 61.6 cm³/mol. The summed E-state index contributed by atoms with van der Waals surface area (Å²) in [5.74, 6) is 0. The third kappa shape index (κ3) is 2.23. The largest absolute Gasteiger partial charge is 0.327 e. The van der Waals surface area contributed by atoms with Crippen LogP contribution in [0, 0.1) is 5.41 Å². The molecule has 15 heavy (non-hydrogen) atoms. The molecule has 0 spiro atoms. The SMILES string of the molecule is CC(C)n1ccc(CC(N)C2(C)CC2)n1. The molecule has 1 fully saturated rings. The van der Waals surface area contributed by atoms with Crippen LogP contribution in [0.1, 0.15) is 45.3 Å². The standard InChI is InChI=1S/C12H21N3/c1-9(2)15-7-4-10(14-15)8-11(13)12(3)5-6-12/h4,7,9,11H,5-6,8,13H2,1-3H3. The molecule has 0 bridgehead atoms. The maximum absolute atomic E-state index is 6.18. The van der Waals surface area contributed by atoms with E-state index in [4.69, 9.17) is 5.73 Å². The summed E-state index contributed by atoms with van der Waals surface area (Å²) in [6.45, 7) is 6.55. The van der Waals surface area contributed by atoms with Crippen LogP contribution in [-0.4, -0.2) is 15.8 Å². The monoisotopic (exact) mass is 207 g/mol. The van der Waals surface area contributed by atoms with Crippen molar-refractivity contribution in [1.82, 2.24) is 9.78 Å². The second-order valence-corrected chi connectivity index (χ2v) is 5.35. The van der Waals surface area contributed by atoms with Gasteiger partial charge in [0.25, 0.3) is 0 Å². The number of hydrogen-bond donors (Lipinski definition) is 1. The Balaban J connectivity index is 1.98. The Morgan fingerprint density at radius 1 is 1.53 bits per heavy atom. The van der Waals surface area contributed by atoms with Crippen molar-refractivity contribution in [3.8, 4) is 0 Å². The highest BCUT2D eigenvalue weighted by Crippen LogP contribution is 2.47. The van der Waals surface area contributed by atoms with Gasteiger partial charge in [0, 0.05) is 24.7 Å². The molecule has 1 aliphatic rings. The lowest BCUT2D eigenvalue weighted by Gasteiger charge is -2.17. The summed E-state index contributed by atoms with van der Waals surface area (Å²) in [4.78, 5) is 0. The zero-order valence-electron chi connectivity index (χ0n) is 9.90. The average Bonchev–Trinajstić information content (AvgIpc) is 2.76. The van der Waals surface area contributed by atoms with Gasteiger partial charge in [-0.2, -0.15) is 5.10 Å². The van der Waals surface area contributed by atoms with Crippen molar-refractivity contribution in [1.29, 1.82) is 0 Å². The molecule has 1 heterocycles. The lowest BCUT2D eigenvalue weighted by atomic mass is 9.96. The first-order chi connectivity index (χ1) is 7.01. The van der Waals surface area contributed by atoms with Gasteiger partial charge in [-0.3, -0.25) is 4.68 Å². The molecule has 0 radical (unpaired) electrons. The van der Waals surface area contributed by atoms with E-state index in [1.807, 2.05) is 10.9 Å². The van der Waals surface area contributed by atoms with Crippen LogP contribution in [0.4, 0.5) is 0 Å². The Hall–Kier alpha value is -0.830. The fraction of sp³-hybridized carbons (Fsp3) is 0.750. The molecule has 0 aromatic carbocycles. The highest BCUT2D eigenvalue weighted by molar-refractivity contribution is 5.07. The molecule has 1 unspecified atom stereocenters. The van der Waals surface area contributed by atoms with Crippen molar-refractivity contribution in [2.24, 2.45) is 11.1 Å². The van der Waals surface area contributed by atoms with Crippen molar-refractivity contribution in [2.75, 3.05) is 0 Å². The lowest BCUT2D eigenvalue weighted by Crippen LogP contribution is -2.32. The summed E-state index contributed by atoms with van der Waals surface area (Å²) >= 11 is 0. The second kappa shape index (κ2) is 3.63. The predicted octanol–water partition coefficient (Wildman–Crippen LogP) is 2.13. The van der Waals surface area contributed by atoms with E-state index >= 15 is 0 Å². The summed E-state index contributed by atoms with van der Waals surface area (Å²) in [6.07, 6.45) is 5.51. The third-order valence-corrected chi connectivity index (χ3v) is 3.56. The van der Waals surface area contributed by atoms with E-state index in [2.05, 4.69) is 31.9 Å². The molecule has 1 atom stereocenters. The quantitative estimate of drug-likeness (QED) is 0.822. The van der Waals surface area contributed by atoms with E-state index in [-0.39, 0.29) is 6.04 Å². The highest BCUT2D eigenvalue weighted by Gasteiger charge is 2.42. The topological polar surface area (TPSA) is 43.8 Å². The minimum atomic E-state index is 0.271. The Morgan fingerprint density at radius 2 is 2.20 bits per heavy atom. The van der Waals surface area contributed by atoms with E-state index in [1.165, 1.54) is 12.8 Å². The molecular weight excluding hydrogens is 186 g/mol. The Bertz CT molecular complexity index is 336. The molecule has 1 aliphatic carbocycles. The van der Waals surface area contributed by atoms with Crippen molar-refractivity contribution >= 4 is 0 Å². The molecule has 2 N–H and O–H groups in total. The van der Waals surface area contributed by atoms with E-state index in [1.54, 1.807) is 0 Å². The first-order valence-electron chi connectivity index (χ1n) is 5.81. The maximum Gasteiger partial charge on any atom is 0.0640 e. The van der Waals surface area contributed by atoms with E-state index in [9.17, 15) is 0 Å². The molecule has 84 valence electrons. The van der Waals surface area contributed by atoms with Crippen LogP contribution in [0.3, 0.4) is 0 Å². The summed E-state index contributed by atoms with van der Waals surface area (Å²) in [5.41, 5.74) is 7.70. The lowest BCUT2D eigenvalue weighted by molar-refractivity contribution is 0.425. The zero-order chi connectivity index (χ0) is 11.1. The molecule has 3 nitrogen and oxygen atoms in total. The summed E-state index contributed by atoms with van der Waals surface area (Å²) in [6, 6.07) is 2.80. The summed E-state index contributed by atoms with van der Waals surface area (Å²) in [7, 11) is 0. The normalized spacial score (nSPS) is 20.6. The van der Waals surface area contributed by atoms with Gasteiger partial charge in [-0.15, -0.1) is 0 Å².